The van der Waals surface area contributed by atoms with Crippen molar-refractivity contribution < 1.29 is 18.0 Å². The van der Waals surface area contributed by atoms with Gasteiger partial charge in [0.2, 0.25) is 21.8 Å². The summed E-state index contributed by atoms with van der Waals surface area (Å²) in [6, 6.07) is 14.6. The van der Waals surface area contributed by atoms with Gasteiger partial charge in [0.05, 0.1) is 11.9 Å². The van der Waals surface area contributed by atoms with Crippen LogP contribution in [0.2, 0.25) is 0 Å². The number of carbonyl (C=O) groups is 2. The molecule has 0 fully saturated rings. The van der Waals surface area contributed by atoms with E-state index in [2.05, 4.69) is 5.32 Å². The van der Waals surface area contributed by atoms with Crippen LogP contribution < -0.4 is 9.62 Å². The summed E-state index contributed by atoms with van der Waals surface area (Å²) in [6.07, 6.45) is 2.94. The Hall–Kier alpha value is -2.87. The van der Waals surface area contributed by atoms with Gasteiger partial charge in [-0.15, -0.1) is 0 Å². The molecule has 36 heavy (non-hydrogen) atoms. The van der Waals surface area contributed by atoms with E-state index in [0.29, 0.717) is 25.1 Å². The van der Waals surface area contributed by atoms with E-state index < -0.39 is 16.1 Å². The van der Waals surface area contributed by atoms with Crippen LogP contribution in [0.3, 0.4) is 0 Å². The zero-order valence-electron chi connectivity index (χ0n) is 22.5. The summed E-state index contributed by atoms with van der Waals surface area (Å²) in [5.74, 6) is -0.327. The zero-order chi connectivity index (χ0) is 26.9. The first-order valence-corrected chi connectivity index (χ1v) is 14.5. The molecule has 0 heterocycles. The molecule has 7 nitrogen and oxygen atoms in total. The fourth-order valence-corrected chi connectivity index (χ4v) is 5.22. The third-order valence-corrected chi connectivity index (χ3v) is 7.54. The first kappa shape index (κ1) is 29.4. The number of aryl methyl sites for hydroxylation is 2. The van der Waals surface area contributed by atoms with Gasteiger partial charge >= 0.3 is 0 Å². The molecule has 0 radical (unpaired) electrons. The summed E-state index contributed by atoms with van der Waals surface area (Å²) in [6.45, 7) is 10.2. The fraction of sp³-hybridized carbons (Fsp3) is 0.500. The molecule has 0 aliphatic heterocycles. The molecule has 2 amide bonds. The number of sulfonamides is 1. The summed E-state index contributed by atoms with van der Waals surface area (Å²) >= 11 is 0. The normalized spacial score (nSPS) is 13.1. The maximum absolute atomic E-state index is 13.5. The van der Waals surface area contributed by atoms with Gasteiger partial charge in [-0.25, -0.2) is 8.42 Å². The molecule has 2 rings (SSSR count). The SMILES string of the molecule is CC[C@@H](C)NC(=O)[C@H](CC)N(Cc1cccc(C)c1)C(=O)CCCN(c1ccccc1C)S(C)(=O)=O. The third kappa shape index (κ3) is 8.36. The van der Waals surface area contributed by atoms with Crippen molar-refractivity contribution in [1.82, 2.24) is 10.2 Å². The summed E-state index contributed by atoms with van der Waals surface area (Å²) in [5, 5.41) is 3.01. The van der Waals surface area contributed by atoms with Gasteiger partial charge in [-0.1, -0.05) is 61.9 Å². The second kappa shape index (κ2) is 13.4. The van der Waals surface area contributed by atoms with E-state index in [1.54, 1.807) is 17.0 Å². The van der Waals surface area contributed by atoms with Crippen molar-refractivity contribution in [1.29, 1.82) is 0 Å². The lowest BCUT2D eigenvalue weighted by atomic mass is 10.1. The molecule has 0 unspecified atom stereocenters. The minimum absolute atomic E-state index is 0.0138. The van der Waals surface area contributed by atoms with E-state index in [4.69, 9.17) is 0 Å². The second-order valence-electron chi connectivity index (χ2n) is 9.48. The molecule has 0 aliphatic carbocycles. The van der Waals surface area contributed by atoms with Crippen molar-refractivity contribution in [3.8, 4) is 0 Å². The first-order chi connectivity index (χ1) is 17.0. The van der Waals surface area contributed by atoms with Crippen LogP contribution in [0.25, 0.3) is 0 Å². The van der Waals surface area contributed by atoms with E-state index in [-0.39, 0.29) is 30.8 Å². The smallest absolute Gasteiger partial charge is 0.243 e. The topological polar surface area (TPSA) is 86.8 Å². The molecule has 0 spiro atoms. The zero-order valence-corrected chi connectivity index (χ0v) is 23.3. The maximum atomic E-state index is 13.5. The summed E-state index contributed by atoms with van der Waals surface area (Å²) in [4.78, 5) is 28.2. The number of hydrogen-bond donors (Lipinski definition) is 1. The Morgan fingerprint density at radius 1 is 1.00 bits per heavy atom. The molecule has 2 atom stereocenters. The highest BCUT2D eigenvalue weighted by atomic mass is 32.2. The molecular weight excluding hydrogens is 474 g/mol. The third-order valence-electron chi connectivity index (χ3n) is 6.36. The van der Waals surface area contributed by atoms with Crippen LogP contribution in [0.15, 0.2) is 48.5 Å². The van der Waals surface area contributed by atoms with Crippen LogP contribution in [-0.2, 0) is 26.2 Å². The first-order valence-electron chi connectivity index (χ1n) is 12.7. The quantitative estimate of drug-likeness (QED) is 0.423. The van der Waals surface area contributed by atoms with Crippen LogP contribution in [0.5, 0.6) is 0 Å². The minimum atomic E-state index is -3.52. The summed E-state index contributed by atoms with van der Waals surface area (Å²) < 4.78 is 26.4. The summed E-state index contributed by atoms with van der Waals surface area (Å²) in [5.41, 5.74) is 3.50. The number of nitrogens with zero attached hydrogens (tertiary/aromatic N) is 2. The van der Waals surface area contributed by atoms with Crippen LogP contribution in [0.4, 0.5) is 5.69 Å². The molecule has 2 aromatic rings. The number of benzene rings is 2. The lowest BCUT2D eigenvalue weighted by Crippen LogP contribution is -2.50. The van der Waals surface area contributed by atoms with Crippen molar-refractivity contribution in [2.75, 3.05) is 17.1 Å². The predicted octanol–water partition coefficient (Wildman–Crippen LogP) is 4.57. The van der Waals surface area contributed by atoms with Gasteiger partial charge in [0.25, 0.3) is 0 Å². The van der Waals surface area contributed by atoms with Gasteiger partial charge < -0.3 is 10.2 Å². The highest BCUT2D eigenvalue weighted by molar-refractivity contribution is 7.92. The molecular formula is C28H41N3O4S. The fourth-order valence-electron chi connectivity index (χ4n) is 4.19. The summed E-state index contributed by atoms with van der Waals surface area (Å²) in [7, 11) is -3.52. The standard InChI is InChI=1S/C28H41N3O4S/c1-7-23(5)29-28(33)25(8-2)30(20-24-15-11-13-21(3)19-24)27(32)17-12-18-31(36(6,34)35)26-16-10-9-14-22(26)4/h9-11,13-16,19,23,25H,7-8,12,17-18,20H2,1-6H3,(H,29,33)/t23-,25+/m1/s1. The molecule has 0 saturated carbocycles. The lowest BCUT2D eigenvalue weighted by molar-refractivity contribution is -0.141. The van der Waals surface area contributed by atoms with Gasteiger partial charge in [0, 0.05) is 25.6 Å². The number of anilines is 1. The van der Waals surface area contributed by atoms with E-state index >= 15 is 0 Å². The van der Waals surface area contributed by atoms with Gasteiger partial charge in [-0.2, -0.15) is 0 Å². The van der Waals surface area contributed by atoms with Gasteiger partial charge in [-0.05, 0) is 57.2 Å². The van der Waals surface area contributed by atoms with Gasteiger partial charge in [0.15, 0.2) is 0 Å². The number of amides is 2. The molecule has 8 heteroatoms. The number of nitrogens with one attached hydrogen (secondary N) is 1. The average molecular weight is 516 g/mol. The Labute approximate surface area is 216 Å². The molecule has 0 aromatic heterocycles. The Balaban J connectivity index is 2.24. The molecule has 198 valence electrons. The van der Waals surface area contributed by atoms with Crippen molar-refractivity contribution >= 4 is 27.5 Å². The molecule has 0 aliphatic rings. The number of rotatable bonds is 13. The van der Waals surface area contributed by atoms with Crippen LogP contribution in [0, 0.1) is 13.8 Å². The highest BCUT2D eigenvalue weighted by Gasteiger charge is 2.29. The number of para-hydroxylation sites is 1. The van der Waals surface area contributed by atoms with Gasteiger partial charge in [-0.3, -0.25) is 13.9 Å². The van der Waals surface area contributed by atoms with Crippen LogP contribution in [0.1, 0.15) is 63.1 Å². The Kier molecular flexibility index (Phi) is 11.0. The van der Waals surface area contributed by atoms with E-state index in [0.717, 1.165) is 23.1 Å². The van der Waals surface area contributed by atoms with E-state index in [1.165, 1.54) is 10.6 Å². The predicted molar refractivity (Wildman–Crippen MR) is 146 cm³/mol. The Bertz CT molecular complexity index is 1130. The molecule has 2 aromatic carbocycles. The Morgan fingerprint density at radius 2 is 1.69 bits per heavy atom. The molecule has 0 bridgehead atoms. The van der Waals surface area contributed by atoms with Crippen molar-refractivity contribution in [2.24, 2.45) is 0 Å². The highest BCUT2D eigenvalue weighted by Crippen LogP contribution is 2.23. The van der Waals surface area contributed by atoms with E-state index in [1.807, 2.05) is 71.0 Å². The monoisotopic (exact) mass is 515 g/mol. The molecule has 0 saturated heterocycles. The largest absolute Gasteiger partial charge is 0.352 e. The van der Waals surface area contributed by atoms with Gasteiger partial charge in [0.1, 0.15) is 6.04 Å². The maximum Gasteiger partial charge on any atom is 0.243 e. The van der Waals surface area contributed by atoms with Crippen LogP contribution in [-0.4, -0.2) is 50.0 Å². The Morgan fingerprint density at radius 3 is 2.28 bits per heavy atom. The van der Waals surface area contributed by atoms with E-state index in [9.17, 15) is 18.0 Å². The van der Waals surface area contributed by atoms with Crippen LogP contribution >= 0.6 is 0 Å². The number of hydrogen-bond acceptors (Lipinski definition) is 4. The minimum Gasteiger partial charge on any atom is -0.352 e. The second-order valence-corrected chi connectivity index (χ2v) is 11.4. The van der Waals surface area contributed by atoms with Crippen molar-refractivity contribution in [2.45, 2.75) is 78.9 Å². The molecule has 1 N–H and O–H groups in total. The lowest BCUT2D eigenvalue weighted by Gasteiger charge is -2.32. The average Bonchev–Trinajstić information content (AvgIpc) is 2.81. The van der Waals surface area contributed by atoms with Crippen molar-refractivity contribution in [3.05, 3.63) is 65.2 Å². The van der Waals surface area contributed by atoms with Crippen molar-refractivity contribution in [3.63, 3.8) is 0 Å². The number of carbonyl (C=O) groups excluding carboxylic acids is 2.